The number of unbranched alkanes of at least 4 members (excludes halogenated alkanes) is 48. The molecule has 0 heterocycles. The molecule has 426 valence electrons. The molecule has 0 aromatic heterocycles. The van der Waals surface area contributed by atoms with Gasteiger partial charge in [0.2, 0.25) is 5.91 Å². The van der Waals surface area contributed by atoms with Crippen molar-refractivity contribution in [1.29, 1.82) is 0 Å². The van der Waals surface area contributed by atoms with Gasteiger partial charge in [-0.3, -0.25) is 9.59 Å². The van der Waals surface area contributed by atoms with Gasteiger partial charge in [-0.15, -0.1) is 0 Å². The zero-order valence-corrected chi connectivity index (χ0v) is 48.7. The van der Waals surface area contributed by atoms with Gasteiger partial charge in [0.25, 0.3) is 0 Å². The second-order valence-electron chi connectivity index (χ2n) is 22.5. The van der Waals surface area contributed by atoms with Gasteiger partial charge in [0.1, 0.15) is 0 Å². The van der Waals surface area contributed by atoms with Gasteiger partial charge < -0.3 is 20.3 Å². The van der Waals surface area contributed by atoms with Crippen LogP contribution in [0.25, 0.3) is 0 Å². The van der Waals surface area contributed by atoms with E-state index in [0.29, 0.717) is 19.4 Å². The lowest BCUT2D eigenvalue weighted by molar-refractivity contribution is -0.143. The number of allylic oxidation sites excluding steroid dienone is 3. The lowest BCUT2D eigenvalue weighted by Crippen LogP contribution is -2.45. The first-order valence-electron chi connectivity index (χ1n) is 32.6. The van der Waals surface area contributed by atoms with Crippen LogP contribution in [-0.4, -0.2) is 47.4 Å². The Morgan fingerprint density at radius 1 is 0.375 bits per heavy atom. The summed E-state index contributed by atoms with van der Waals surface area (Å²) in [6, 6.07) is -0.636. The number of aliphatic hydroxyl groups is 2. The maximum absolute atomic E-state index is 12.5. The molecule has 0 bridgehead atoms. The van der Waals surface area contributed by atoms with Crippen LogP contribution in [0.4, 0.5) is 0 Å². The molecule has 0 fully saturated rings. The minimum absolute atomic E-state index is 0.00612. The van der Waals surface area contributed by atoms with Crippen molar-refractivity contribution in [2.24, 2.45) is 0 Å². The fourth-order valence-electron chi connectivity index (χ4n) is 10.2. The highest BCUT2D eigenvalue weighted by molar-refractivity contribution is 5.76. The molecule has 6 heteroatoms. The Morgan fingerprint density at radius 3 is 0.986 bits per heavy atom. The average molecular weight is 1010 g/mol. The molecule has 72 heavy (non-hydrogen) atoms. The Labute approximate surface area is 450 Å². The molecule has 0 rings (SSSR count). The van der Waals surface area contributed by atoms with E-state index in [-0.39, 0.29) is 18.5 Å². The second-order valence-corrected chi connectivity index (χ2v) is 22.5. The Bertz CT molecular complexity index is 1120. The summed E-state index contributed by atoms with van der Waals surface area (Å²) >= 11 is 0. The average Bonchev–Trinajstić information content (AvgIpc) is 3.38. The predicted molar refractivity (Wildman–Crippen MR) is 315 cm³/mol. The van der Waals surface area contributed by atoms with E-state index < -0.39 is 12.1 Å². The Morgan fingerprint density at radius 2 is 0.653 bits per heavy atom. The summed E-state index contributed by atoms with van der Waals surface area (Å²) < 4.78 is 5.48. The monoisotopic (exact) mass is 1010 g/mol. The van der Waals surface area contributed by atoms with E-state index >= 15 is 0 Å². The van der Waals surface area contributed by atoms with Crippen molar-refractivity contribution >= 4 is 11.9 Å². The van der Waals surface area contributed by atoms with Gasteiger partial charge in [-0.2, -0.15) is 0 Å². The fraction of sp³-hybridized carbons (Fsp3) is 0.909. The van der Waals surface area contributed by atoms with Crippen LogP contribution in [0.2, 0.25) is 0 Å². The van der Waals surface area contributed by atoms with E-state index in [2.05, 4.69) is 31.3 Å². The third-order valence-electron chi connectivity index (χ3n) is 15.2. The molecule has 1 amide bonds. The van der Waals surface area contributed by atoms with E-state index in [1.807, 2.05) is 6.08 Å². The van der Waals surface area contributed by atoms with Gasteiger partial charge in [0.15, 0.2) is 0 Å². The van der Waals surface area contributed by atoms with Crippen LogP contribution in [0.5, 0.6) is 0 Å². The molecule has 0 aliphatic heterocycles. The molecular weight excluding hydrogens is 887 g/mol. The Hall–Kier alpha value is -1.66. The minimum atomic E-state index is -0.851. The van der Waals surface area contributed by atoms with Gasteiger partial charge in [-0.25, -0.2) is 0 Å². The lowest BCUT2D eigenvalue weighted by Gasteiger charge is -2.20. The largest absolute Gasteiger partial charge is 0.466 e. The highest BCUT2D eigenvalue weighted by Crippen LogP contribution is 2.18. The van der Waals surface area contributed by atoms with Crippen LogP contribution >= 0.6 is 0 Å². The van der Waals surface area contributed by atoms with Gasteiger partial charge in [0, 0.05) is 12.8 Å². The molecule has 0 aliphatic carbocycles. The zero-order chi connectivity index (χ0) is 52.2. The van der Waals surface area contributed by atoms with Crippen molar-refractivity contribution in [2.45, 2.75) is 373 Å². The van der Waals surface area contributed by atoms with Crippen molar-refractivity contribution in [1.82, 2.24) is 5.32 Å². The maximum Gasteiger partial charge on any atom is 0.305 e. The number of hydrogen-bond donors (Lipinski definition) is 3. The number of nitrogens with one attached hydrogen (secondary N) is 1. The Balaban J connectivity index is 3.46. The first-order valence-corrected chi connectivity index (χ1v) is 32.6. The van der Waals surface area contributed by atoms with Gasteiger partial charge in [-0.1, -0.05) is 314 Å². The molecular formula is C66H127NO5. The van der Waals surface area contributed by atoms with Crippen LogP contribution in [0.1, 0.15) is 361 Å². The number of hydrogen-bond acceptors (Lipinski definition) is 5. The zero-order valence-electron chi connectivity index (χ0n) is 48.7. The smallest absolute Gasteiger partial charge is 0.305 e. The summed E-state index contributed by atoms with van der Waals surface area (Å²) in [6.07, 6.45) is 76.5. The molecule has 0 aromatic rings. The molecule has 6 nitrogen and oxygen atoms in total. The van der Waals surface area contributed by atoms with Crippen molar-refractivity contribution in [2.75, 3.05) is 13.2 Å². The highest BCUT2D eigenvalue weighted by atomic mass is 16.5. The number of ether oxygens (including phenoxy) is 1. The molecule has 0 saturated carbocycles. The van der Waals surface area contributed by atoms with Gasteiger partial charge in [0.05, 0.1) is 25.4 Å². The van der Waals surface area contributed by atoms with Crippen LogP contribution in [0.15, 0.2) is 24.3 Å². The summed E-state index contributed by atoms with van der Waals surface area (Å²) in [5, 5.41) is 23.2. The van der Waals surface area contributed by atoms with Gasteiger partial charge in [-0.05, 0) is 57.8 Å². The van der Waals surface area contributed by atoms with Crippen LogP contribution in [-0.2, 0) is 14.3 Å². The van der Waals surface area contributed by atoms with Crippen molar-refractivity contribution in [3.05, 3.63) is 24.3 Å². The number of aliphatic hydroxyl groups excluding tert-OH is 2. The van der Waals surface area contributed by atoms with Crippen LogP contribution < -0.4 is 5.32 Å². The van der Waals surface area contributed by atoms with E-state index in [9.17, 15) is 19.8 Å². The summed E-state index contributed by atoms with van der Waals surface area (Å²) in [5.41, 5.74) is 0. The standard InChI is InChI=1S/C66H127NO5/c1-3-5-7-9-11-13-15-17-19-20-21-22-23-25-28-31-34-38-42-46-50-54-58-64(69)63(62-68)67-65(70)59-55-51-47-43-39-35-32-29-26-24-27-30-33-37-41-45-49-53-57-61-72-66(71)60-56-52-48-44-40-36-18-16-14-12-10-8-6-4-2/h24,26,54,58,63-64,68-69H,3-23,25,27-53,55-57,59-62H2,1-2H3,(H,67,70)/b26-24-,58-54+. The first kappa shape index (κ1) is 70.3. The lowest BCUT2D eigenvalue weighted by atomic mass is 10.0. The van der Waals surface area contributed by atoms with E-state index in [1.54, 1.807) is 6.08 Å². The quantitative estimate of drug-likeness (QED) is 0.0320. The minimum Gasteiger partial charge on any atom is -0.466 e. The second kappa shape index (κ2) is 61.9. The van der Waals surface area contributed by atoms with Gasteiger partial charge >= 0.3 is 5.97 Å². The number of amides is 1. The molecule has 2 unspecified atom stereocenters. The normalized spacial score (nSPS) is 12.7. The summed E-state index contributed by atoms with van der Waals surface area (Å²) in [6.45, 7) is 4.92. The highest BCUT2D eigenvalue weighted by Gasteiger charge is 2.18. The molecule has 3 N–H and O–H groups in total. The molecule has 2 atom stereocenters. The Kier molecular flexibility index (Phi) is 60.5. The summed E-state index contributed by atoms with van der Waals surface area (Å²) in [5.74, 6) is -0.0679. The van der Waals surface area contributed by atoms with Crippen LogP contribution in [0, 0.1) is 0 Å². The topological polar surface area (TPSA) is 95.9 Å². The van der Waals surface area contributed by atoms with Crippen molar-refractivity contribution in [3.8, 4) is 0 Å². The number of rotatable bonds is 61. The van der Waals surface area contributed by atoms with Crippen molar-refractivity contribution in [3.63, 3.8) is 0 Å². The van der Waals surface area contributed by atoms with E-state index in [0.717, 1.165) is 51.4 Å². The predicted octanol–water partition coefficient (Wildman–Crippen LogP) is 20.6. The number of carbonyl (C=O) groups is 2. The SMILES string of the molecule is CCCCCCCCCCCCCCCCCCCCCC/C=C/C(O)C(CO)NC(=O)CCCCCCCCC/C=C\CCCCCCCCCCOC(=O)CCCCCCCCCCCCCCCC. The first-order chi connectivity index (χ1) is 35.5. The maximum atomic E-state index is 12.5. The molecule has 0 spiro atoms. The molecule has 0 saturated heterocycles. The van der Waals surface area contributed by atoms with Crippen molar-refractivity contribution < 1.29 is 24.5 Å². The van der Waals surface area contributed by atoms with E-state index in [4.69, 9.17) is 4.74 Å². The van der Waals surface area contributed by atoms with Crippen LogP contribution in [0.3, 0.4) is 0 Å². The molecule has 0 aliphatic rings. The third-order valence-corrected chi connectivity index (χ3v) is 15.2. The summed E-state index contributed by atoms with van der Waals surface area (Å²) in [4.78, 5) is 24.6. The third kappa shape index (κ3) is 57.6. The fourth-order valence-corrected chi connectivity index (χ4v) is 10.2. The number of carbonyl (C=O) groups excluding carboxylic acids is 2. The summed E-state index contributed by atoms with van der Waals surface area (Å²) in [7, 11) is 0. The number of esters is 1. The van der Waals surface area contributed by atoms with E-state index in [1.165, 1.54) is 283 Å². The molecule has 0 aromatic carbocycles. The molecule has 0 radical (unpaired) electrons.